The molecule has 1 unspecified atom stereocenters. The fraction of sp³-hybridized carbons (Fsp3) is 0.333. The fourth-order valence-electron chi connectivity index (χ4n) is 3.57. The van der Waals surface area contributed by atoms with Gasteiger partial charge in [0.1, 0.15) is 0 Å². The molecular weight excluding hydrogens is 356 g/mol. The number of thiazole rings is 1. The summed E-state index contributed by atoms with van der Waals surface area (Å²) < 4.78 is 2.10. The van der Waals surface area contributed by atoms with Crippen molar-refractivity contribution < 1.29 is 4.79 Å². The Balaban J connectivity index is 1.26. The Labute approximate surface area is 163 Å². The zero-order valence-electron chi connectivity index (χ0n) is 15.3. The zero-order chi connectivity index (χ0) is 18.5. The van der Waals surface area contributed by atoms with Crippen molar-refractivity contribution in [3.8, 4) is 5.13 Å². The van der Waals surface area contributed by atoms with Crippen LogP contribution in [0.1, 0.15) is 24.1 Å². The zero-order valence-corrected chi connectivity index (χ0v) is 16.1. The van der Waals surface area contributed by atoms with Gasteiger partial charge in [0.25, 0.3) is 0 Å². The van der Waals surface area contributed by atoms with Crippen LogP contribution in [0.15, 0.2) is 60.2 Å². The lowest BCUT2D eigenvalue weighted by Crippen LogP contribution is -2.33. The number of likely N-dealkylation sites (tertiary alicyclic amines) is 1. The summed E-state index contributed by atoms with van der Waals surface area (Å²) in [6, 6.07) is 14.8. The number of carbonyl (C=O) groups is 1. The minimum atomic E-state index is 0.217. The monoisotopic (exact) mass is 380 g/mol. The van der Waals surface area contributed by atoms with Gasteiger partial charge in [0.2, 0.25) is 5.91 Å². The van der Waals surface area contributed by atoms with Gasteiger partial charge in [0, 0.05) is 55.6 Å². The number of carbonyl (C=O) groups excluding carboxylic acids is 1. The Morgan fingerprint density at radius 2 is 2.07 bits per heavy atom. The quantitative estimate of drug-likeness (QED) is 0.653. The number of nitrogens with one attached hydrogen (secondary N) is 1. The molecule has 1 saturated heterocycles. The maximum absolute atomic E-state index is 12.3. The Kier molecular flexibility index (Phi) is 5.65. The van der Waals surface area contributed by atoms with Crippen LogP contribution in [0.4, 0.5) is 0 Å². The van der Waals surface area contributed by atoms with E-state index in [0.717, 1.165) is 37.6 Å². The molecule has 1 aromatic carbocycles. The van der Waals surface area contributed by atoms with Gasteiger partial charge in [-0.2, -0.15) is 0 Å². The third kappa shape index (κ3) is 4.46. The molecule has 0 aliphatic carbocycles. The molecule has 0 radical (unpaired) electrons. The van der Waals surface area contributed by atoms with Gasteiger partial charge in [-0.1, -0.05) is 30.3 Å². The Morgan fingerprint density at radius 3 is 2.89 bits per heavy atom. The minimum Gasteiger partial charge on any atom is -0.341 e. The van der Waals surface area contributed by atoms with E-state index < -0.39 is 0 Å². The first-order valence-electron chi connectivity index (χ1n) is 9.41. The van der Waals surface area contributed by atoms with E-state index in [1.54, 1.807) is 11.3 Å². The molecule has 1 N–H and O–H groups in total. The van der Waals surface area contributed by atoms with Crippen LogP contribution in [0, 0.1) is 0 Å². The largest absolute Gasteiger partial charge is 0.341 e. The van der Waals surface area contributed by atoms with Crippen molar-refractivity contribution in [1.82, 2.24) is 19.8 Å². The van der Waals surface area contributed by atoms with E-state index >= 15 is 0 Å². The summed E-state index contributed by atoms with van der Waals surface area (Å²) >= 11 is 1.62. The van der Waals surface area contributed by atoms with E-state index in [2.05, 4.69) is 45.2 Å². The average Bonchev–Trinajstić information content (AvgIpc) is 3.42. The lowest BCUT2D eigenvalue weighted by molar-refractivity contribution is -0.127. The first-order valence-corrected chi connectivity index (χ1v) is 10.3. The highest BCUT2D eigenvalue weighted by Gasteiger charge is 2.28. The standard InChI is InChI=1S/C21H24N4OS/c26-20-14-18(16-24(20)11-4-8-17-6-2-1-3-7-17)23-15-19-9-5-12-25(19)21-22-10-13-27-21/h1-3,5-7,9-10,12-13,18,23H,4,8,11,14-16H2. The van der Waals surface area contributed by atoms with Crippen LogP contribution in [-0.2, 0) is 17.8 Å². The number of rotatable bonds is 8. The van der Waals surface area contributed by atoms with E-state index in [9.17, 15) is 4.79 Å². The van der Waals surface area contributed by atoms with Gasteiger partial charge < -0.3 is 10.2 Å². The van der Waals surface area contributed by atoms with E-state index in [0.29, 0.717) is 6.42 Å². The number of aryl methyl sites for hydroxylation is 1. The first-order chi connectivity index (χ1) is 13.3. The first kappa shape index (κ1) is 17.9. The van der Waals surface area contributed by atoms with Gasteiger partial charge in [-0.25, -0.2) is 4.98 Å². The molecule has 4 rings (SSSR count). The Hall–Kier alpha value is -2.44. The number of amides is 1. The predicted octanol–water partition coefficient (Wildman–Crippen LogP) is 3.26. The maximum Gasteiger partial charge on any atom is 0.224 e. The van der Waals surface area contributed by atoms with Crippen molar-refractivity contribution in [1.29, 1.82) is 0 Å². The summed E-state index contributed by atoms with van der Waals surface area (Å²) in [5.74, 6) is 0.260. The Morgan fingerprint density at radius 1 is 1.19 bits per heavy atom. The summed E-state index contributed by atoms with van der Waals surface area (Å²) in [6.45, 7) is 2.37. The third-order valence-corrected chi connectivity index (χ3v) is 5.75. The summed E-state index contributed by atoms with van der Waals surface area (Å²) in [4.78, 5) is 18.7. The second-order valence-corrected chi connectivity index (χ2v) is 7.77. The van der Waals surface area contributed by atoms with Crippen LogP contribution in [0.3, 0.4) is 0 Å². The molecule has 3 heterocycles. The number of aromatic nitrogens is 2. The van der Waals surface area contributed by atoms with Gasteiger partial charge >= 0.3 is 0 Å². The van der Waals surface area contributed by atoms with Gasteiger partial charge in [0.05, 0.1) is 0 Å². The predicted molar refractivity (Wildman–Crippen MR) is 108 cm³/mol. The molecule has 0 bridgehead atoms. The van der Waals surface area contributed by atoms with Crippen molar-refractivity contribution in [2.45, 2.75) is 31.8 Å². The van der Waals surface area contributed by atoms with Gasteiger partial charge in [-0.3, -0.25) is 9.36 Å². The van der Waals surface area contributed by atoms with Crippen molar-refractivity contribution in [2.24, 2.45) is 0 Å². The molecule has 0 spiro atoms. The molecule has 27 heavy (non-hydrogen) atoms. The van der Waals surface area contributed by atoms with Crippen molar-refractivity contribution >= 4 is 17.2 Å². The van der Waals surface area contributed by atoms with E-state index in [-0.39, 0.29) is 11.9 Å². The number of benzene rings is 1. The van der Waals surface area contributed by atoms with Crippen LogP contribution in [0.25, 0.3) is 5.13 Å². The highest BCUT2D eigenvalue weighted by atomic mass is 32.1. The smallest absolute Gasteiger partial charge is 0.224 e. The molecule has 1 atom stereocenters. The maximum atomic E-state index is 12.3. The molecular formula is C21H24N4OS. The second kappa shape index (κ2) is 8.50. The SMILES string of the molecule is O=C1CC(NCc2cccn2-c2nccs2)CN1CCCc1ccccc1. The van der Waals surface area contributed by atoms with Crippen molar-refractivity contribution in [3.05, 3.63) is 71.5 Å². The average molecular weight is 381 g/mol. The van der Waals surface area contributed by atoms with E-state index in [4.69, 9.17) is 0 Å². The van der Waals surface area contributed by atoms with Crippen molar-refractivity contribution in [2.75, 3.05) is 13.1 Å². The van der Waals surface area contributed by atoms with Gasteiger partial charge in [-0.05, 0) is 30.5 Å². The van der Waals surface area contributed by atoms with Crippen LogP contribution in [0.2, 0.25) is 0 Å². The number of hydrogen-bond donors (Lipinski definition) is 1. The van der Waals surface area contributed by atoms with Gasteiger partial charge in [0.15, 0.2) is 5.13 Å². The summed E-state index contributed by atoms with van der Waals surface area (Å²) in [6.07, 6.45) is 6.47. The van der Waals surface area contributed by atoms with E-state index in [1.807, 2.05) is 34.8 Å². The summed E-state index contributed by atoms with van der Waals surface area (Å²) in [7, 11) is 0. The lowest BCUT2D eigenvalue weighted by Gasteiger charge is -2.17. The second-order valence-electron chi connectivity index (χ2n) is 6.90. The minimum absolute atomic E-state index is 0.217. The fourth-order valence-corrected chi connectivity index (χ4v) is 4.23. The molecule has 6 heteroatoms. The normalized spacial score (nSPS) is 17.0. The molecule has 3 aromatic rings. The molecule has 140 valence electrons. The highest BCUT2D eigenvalue weighted by Crippen LogP contribution is 2.17. The lowest BCUT2D eigenvalue weighted by atomic mass is 10.1. The Bertz CT molecular complexity index is 859. The third-order valence-electron chi connectivity index (χ3n) is 4.98. The highest BCUT2D eigenvalue weighted by molar-refractivity contribution is 7.12. The van der Waals surface area contributed by atoms with Crippen LogP contribution in [-0.4, -0.2) is 39.5 Å². The topological polar surface area (TPSA) is 50.2 Å². The van der Waals surface area contributed by atoms with Crippen LogP contribution >= 0.6 is 11.3 Å². The molecule has 1 fully saturated rings. The molecule has 0 saturated carbocycles. The molecule has 2 aromatic heterocycles. The summed E-state index contributed by atoms with van der Waals surface area (Å²) in [5, 5.41) is 6.50. The number of nitrogens with zero attached hydrogens (tertiary/aromatic N) is 3. The molecule has 1 amide bonds. The van der Waals surface area contributed by atoms with Gasteiger partial charge in [-0.15, -0.1) is 11.3 Å². The molecule has 5 nitrogen and oxygen atoms in total. The van der Waals surface area contributed by atoms with E-state index in [1.165, 1.54) is 11.3 Å². The molecule has 1 aliphatic heterocycles. The number of hydrogen-bond acceptors (Lipinski definition) is 4. The van der Waals surface area contributed by atoms with Crippen LogP contribution < -0.4 is 5.32 Å². The summed E-state index contributed by atoms with van der Waals surface area (Å²) in [5.41, 5.74) is 2.50. The van der Waals surface area contributed by atoms with Crippen LogP contribution in [0.5, 0.6) is 0 Å². The van der Waals surface area contributed by atoms with Crippen molar-refractivity contribution in [3.63, 3.8) is 0 Å². The molecule has 1 aliphatic rings.